The molecule has 0 aliphatic carbocycles. The standard InChI is InChI=1S/C17H29N5O2/c1-5-6-15-18-12(2)9-16(20-15)19-13-7-8-22(10-14(13)23)11-17(24)21(3)4/h9,13-14,23H,5-8,10-11H2,1-4H3,(H,18,19,20)/t13-,14-/m1/s1. The van der Waals surface area contributed by atoms with Crippen LogP contribution in [0.2, 0.25) is 0 Å². The van der Waals surface area contributed by atoms with Crippen LogP contribution in [0, 0.1) is 6.92 Å². The van der Waals surface area contributed by atoms with Crippen LogP contribution in [0.1, 0.15) is 31.3 Å². The Labute approximate surface area is 144 Å². The number of carbonyl (C=O) groups is 1. The van der Waals surface area contributed by atoms with Gasteiger partial charge in [-0.25, -0.2) is 9.97 Å². The molecule has 1 fully saturated rings. The molecule has 1 aromatic rings. The van der Waals surface area contributed by atoms with Gasteiger partial charge in [0.1, 0.15) is 11.6 Å². The molecule has 24 heavy (non-hydrogen) atoms. The molecular weight excluding hydrogens is 306 g/mol. The fraction of sp³-hybridized carbons (Fsp3) is 0.706. The highest BCUT2D eigenvalue weighted by atomic mass is 16.3. The first-order valence-corrected chi connectivity index (χ1v) is 8.60. The van der Waals surface area contributed by atoms with Crippen molar-refractivity contribution in [1.82, 2.24) is 19.8 Å². The zero-order valence-electron chi connectivity index (χ0n) is 15.1. The molecule has 7 heteroatoms. The van der Waals surface area contributed by atoms with Crippen LogP contribution in [-0.4, -0.2) is 76.7 Å². The average molecular weight is 335 g/mol. The number of hydrogen-bond acceptors (Lipinski definition) is 6. The number of β-amino-alcohol motifs (C(OH)–C–C–N with tert-alkyl or cyclic N) is 1. The molecule has 2 N–H and O–H groups in total. The van der Waals surface area contributed by atoms with Gasteiger partial charge in [0, 0.05) is 45.4 Å². The molecule has 1 aromatic heterocycles. The number of aliphatic hydroxyl groups excluding tert-OH is 1. The molecule has 0 bridgehead atoms. The highest BCUT2D eigenvalue weighted by molar-refractivity contribution is 5.77. The molecule has 0 unspecified atom stereocenters. The number of aryl methyl sites for hydroxylation is 2. The summed E-state index contributed by atoms with van der Waals surface area (Å²) in [5.41, 5.74) is 0.930. The minimum atomic E-state index is -0.529. The van der Waals surface area contributed by atoms with Crippen LogP contribution in [0.25, 0.3) is 0 Å². The number of likely N-dealkylation sites (tertiary alicyclic amines) is 1. The van der Waals surface area contributed by atoms with Crippen LogP contribution in [-0.2, 0) is 11.2 Å². The van der Waals surface area contributed by atoms with Gasteiger partial charge in [-0.2, -0.15) is 0 Å². The second kappa shape index (κ2) is 8.39. The molecule has 134 valence electrons. The summed E-state index contributed by atoms with van der Waals surface area (Å²) in [6.07, 6.45) is 2.10. The number of aliphatic hydroxyl groups is 1. The maximum atomic E-state index is 11.8. The number of anilines is 1. The summed E-state index contributed by atoms with van der Waals surface area (Å²) >= 11 is 0. The molecule has 7 nitrogen and oxygen atoms in total. The van der Waals surface area contributed by atoms with Gasteiger partial charge in [0.15, 0.2) is 0 Å². The fourth-order valence-electron chi connectivity index (χ4n) is 2.87. The Bertz CT molecular complexity index is 564. The number of rotatable bonds is 6. The van der Waals surface area contributed by atoms with E-state index in [-0.39, 0.29) is 11.9 Å². The van der Waals surface area contributed by atoms with Crippen molar-refractivity contribution >= 4 is 11.7 Å². The lowest BCUT2D eigenvalue weighted by Crippen LogP contribution is -2.52. The van der Waals surface area contributed by atoms with E-state index in [4.69, 9.17) is 0 Å². The first kappa shape index (κ1) is 18.6. The van der Waals surface area contributed by atoms with Crippen molar-refractivity contribution in [2.75, 3.05) is 39.0 Å². The topological polar surface area (TPSA) is 81.6 Å². The zero-order valence-corrected chi connectivity index (χ0v) is 15.1. The quantitative estimate of drug-likeness (QED) is 0.795. The third kappa shape index (κ3) is 5.14. The molecule has 0 radical (unpaired) electrons. The SMILES string of the molecule is CCCc1nc(C)cc(N[C@@H]2CCN(CC(=O)N(C)C)C[C@H]2O)n1. The second-order valence-corrected chi connectivity index (χ2v) is 6.69. The van der Waals surface area contributed by atoms with Crippen molar-refractivity contribution in [3.05, 3.63) is 17.6 Å². The lowest BCUT2D eigenvalue weighted by Gasteiger charge is -2.36. The predicted molar refractivity (Wildman–Crippen MR) is 93.9 cm³/mol. The van der Waals surface area contributed by atoms with E-state index < -0.39 is 6.10 Å². The van der Waals surface area contributed by atoms with E-state index in [9.17, 15) is 9.90 Å². The third-order valence-electron chi connectivity index (χ3n) is 4.23. The van der Waals surface area contributed by atoms with Crippen LogP contribution < -0.4 is 5.32 Å². The summed E-state index contributed by atoms with van der Waals surface area (Å²) in [6.45, 7) is 5.68. The van der Waals surface area contributed by atoms with E-state index in [0.29, 0.717) is 13.1 Å². The minimum Gasteiger partial charge on any atom is -0.390 e. The van der Waals surface area contributed by atoms with Crippen molar-refractivity contribution in [2.24, 2.45) is 0 Å². The number of nitrogens with one attached hydrogen (secondary N) is 1. The Kier molecular flexibility index (Phi) is 6.51. The van der Waals surface area contributed by atoms with Crippen LogP contribution in [0.5, 0.6) is 0 Å². The van der Waals surface area contributed by atoms with Crippen molar-refractivity contribution < 1.29 is 9.90 Å². The number of piperidine rings is 1. The molecule has 2 rings (SSSR count). The Morgan fingerprint density at radius 1 is 1.46 bits per heavy atom. The van der Waals surface area contributed by atoms with Crippen LogP contribution in [0.3, 0.4) is 0 Å². The Morgan fingerprint density at radius 3 is 2.83 bits per heavy atom. The first-order chi connectivity index (χ1) is 11.4. The highest BCUT2D eigenvalue weighted by Crippen LogP contribution is 2.17. The maximum Gasteiger partial charge on any atom is 0.236 e. The van der Waals surface area contributed by atoms with Gasteiger partial charge in [-0.3, -0.25) is 9.69 Å². The Morgan fingerprint density at radius 2 is 2.21 bits per heavy atom. The monoisotopic (exact) mass is 335 g/mol. The Hall–Kier alpha value is -1.73. The largest absolute Gasteiger partial charge is 0.390 e. The molecule has 2 atom stereocenters. The van der Waals surface area contributed by atoms with E-state index in [0.717, 1.165) is 43.1 Å². The first-order valence-electron chi connectivity index (χ1n) is 8.60. The van der Waals surface area contributed by atoms with E-state index in [1.54, 1.807) is 19.0 Å². The summed E-state index contributed by atoms with van der Waals surface area (Å²) in [5, 5.41) is 13.8. The van der Waals surface area contributed by atoms with Gasteiger partial charge in [-0.05, 0) is 19.8 Å². The predicted octanol–water partition coefficient (Wildman–Crippen LogP) is 0.673. The van der Waals surface area contributed by atoms with E-state index >= 15 is 0 Å². The minimum absolute atomic E-state index is 0.0560. The molecule has 1 saturated heterocycles. The van der Waals surface area contributed by atoms with Crippen molar-refractivity contribution in [2.45, 2.75) is 45.3 Å². The van der Waals surface area contributed by atoms with Gasteiger partial charge in [0.25, 0.3) is 0 Å². The molecule has 2 heterocycles. The number of nitrogens with zero attached hydrogens (tertiary/aromatic N) is 4. The van der Waals surface area contributed by atoms with Crippen LogP contribution in [0.15, 0.2) is 6.07 Å². The Balaban J connectivity index is 1.94. The maximum absolute atomic E-state index is 11.8. The summed E-state index contributed by atoms with van der Waals surface area (Å²) in [5.74, 6) is 1.67. The molecule has 0 saturated carbocycles. The van der Waals surface area contributed by atoms with E-state index in [2.05, 4.69) is 22.2 Å². The number of carbonyl (C=O) groups excluding carboxylic acids is 1. The number of amides is 1. The highest BCUT2D eigenvalue weighted by Gasteiger charge is 2.29. The van der Waals surface area contributed by atoms with Gasteiger partial charge in [-0.1, -0.05) is 6.92 Å². The van der Waals surface area contributed by atoms with Crippen LogP contribution >= 0.6 is 0 Å². The van der Waals surface area contributed by atoms with Gasteiger partial charge in [0.05, 0.1) is 18.7 Å². The molecule has 1 amide bonds. The fourth-order valence-corrected chi connectivity index (χ4v) is 2.87. The summed E-state index contributed by atoms with van der Waals surface area (Å²) < 4.78 is 0. The smallest absolute Gasteiger partial charge is 0.236 e. The van der Waals surface area contributed by atoms with Gasteiger partial charge >= 0.3 is 0 Å². The summed E-state index contributed by atoms with van der Waals surface area (Å²) in [6, 6.07) is 1.85. The second-order valence-electron chi connectivity index (χ2n) is 6.69. The molecule has 1 aliphatic rings. The van der Waals surface area contributed by atoms with Gasteiger partial charge in [0.2, 0.25) is 5.91 Å². The molecule has 0 spiro atoms. The average Bonchev–Trinajstić information content (AvgIpc) is 2.49. The third-order valence-corrected chi connectivity index (χ3v) is 4.23. The van der Waals surface area contributed by atoms with Gasteiger partial charge in [-0.15, -0.1) is 0 Å². The van der Waals surface area contributed by atoms with Crippen molar-refractivity contribution in [1.29, 1.82) is 0 Å². The molecule has 0 aromatic carbocycles. The normalized spacial score (nSPS) is 21.5. The summed E-state index contributed by atoms with van der Waals surface area (Å²) in [7, 11) is 3.50. The number of hydrogen-bond donors (Lipinski definition) is 2. The number of aromatic nitrogens is 2. The number of likely N-dealkylation sites (N-methyl/N-ethyl adjacent to an activating group) is 1. The van der Waals surface area contributed by atoms with Crippen molar-refractivity contribution in [3.63, 3.8) is 0 Å². The van der Waals surface area contributed by atoms with E-state index in [1.807, 2.05) is 17.9 Å². The van der Waals surface area contributed by atoms with Gasteiger partial charge < -0.3 is 15.3 Å². The molecule has 1 aliphatic heterocycles. The summed E-state index contributed by atoms with van der Waals surface area (Å²) in [4.78, 5) is 24.3. The molecular formula is C17H29N5O2. The lowest BCUT2D eigenvalue weighted by molar-refractivity contribution is -0.130. The lowest BCUT2D eigenvalue weighted by atomic mass is 10.0. The van der Waals surface area contributed by atoms with E-state index in [1.165, 1.54) is 0 Å². The zero-order chi connectivity index (χ0) is 17.7. The van der Waals surface area contributed by atoms with Crippen LogP contribution in [0.4, 0.5) is 5.82 Å². The van der Waals surface area contributed by atoms with Crippen molar-refractivity contribution in [3.8, 4) is 0 Å².